The average Bonchev–Trinajstić information content (AvgIpc) is 3.80. The lowest BCUT2D eigenvalue weighted by molar-refractivity contribution is 0.436. The van der Waals surface area contributed by atoms with Crippen molar-refractivity contribution in [3.8, 4) is 67.4 Å². The fourth-order valence-corrected chi connectivity index (χ4v) is 9.29. The molecule has 1 aliphatic heterocycles. The molecule has 9 aromatic rings. The summed E-state index contributed by atoms with van der Waals surface area (Å²) < 4.78 is 7.84. The average molecular weight is 697 g/mol. The number of benzene rings is 7. The van der Waals surface area contributed by atoms with Gasteiger partial charge in [0.1, 0.15) is 16.5 Å². The molecule has 0 radical (unpaired) electrons. The molecule has 0 bridgehead atoms. The molecule has 1 spiro atoms. The van der Waals surface area contributed by atoms with E-state index < -0.39 is 5.41 Å². The molecule has 0 atom stereocenters. The van der Waals surface area contributed by atoms with E-state index in [9.17, 15) is 0 Å². The summed E-state index contributed by atoms with van der Waals surface area (Å²) in [6, 6.07) is 58.8. The minimum atomic E-state index is -0.710. The van der Waals surface area contributed by atoms with Crippen molar-refractivity contribution < 1.29 is 4.74 Å². The molecule has 5 nitrogen and oxygen atoms in total. The third kappa shape index (κ3) is 4.43. The lowest BCUT2D eigenvalue weighted by atomic mass is 9.65. The first-order valence-electron chi connectivity index (χ1n) is 17.6. The summed E-state index contributed by atoms with van der Waals surface area (Å²) in [7, 11) is 0. The second-order valence-electron chi connectivity index (χ2n) is 13.3. The third-order valence-electron chi connectivity index (χ3n) is 10.4. The van der Waals surface area contributed by atoms with Gasteiger partial charge in [0.25, 0.3) is 0 Å². The van der Waals surface area contributed by atoms with Crippen LogP contribution in [0.15, 0.2) is 170 Å². The van der Waals surface area contributed by atoms with Crippen LogP contribution in [0.3, 0.4) is 0 Å². The predicted octanol–water partition coefficient (Wildman–Crippen LogP) is 11.6. The van der Waals surface area contributed by atoms with Crippen LogP contribution in [-0.4, -0.2) is 19.9 Å². The van der Waals surface area contributed by atoms with E-state index in [2.05, 4.69) is 97.1 Å². The van der Waals surface area contributed by atoms with Crippen LogP contribution in [0.25, 0.3) is 66.1 Å². The minimum Gasteiger partial charge on any atom is -0.457 e. The normalized spacial score (nSPS) is 13.2. The molecule has 11 rings (SSSR count). The number of hydrogen-bond acceptors (Lipinski definition) is 6. The van der Waals surface area contributed by atoms with Gasteiger partial charge in [0.15, 0.2) is 17.5 Å². The standard InChI is InChI=1S/C47H28N4OS/c1-3-15-29(16-4-1)43-49-44(30-17-5-2-6-18-30)51-45(50-43)32-20-14-24-36-41(32)31-19-13-21-33(46-48-37-25-9-12-28-40(37)53-46)42(31)47(36)34-22-7-10-26-38(34)52-39-27-11-8-23-35(39)47/h1-28H. The van der Waals surface area contributed by atoms with Crippen LogP contribution in [-0.2, 0) is 5.41 Å². The van der Waals surface area contributed by atoms with Crippen molar-refractivity contribution >= 4 is 21.6 Å². The predicted molar refractivity (Wildman–Crippen MR) is 212 cm³/mol. The van der Waals surface area contributed by atoms with Crippen LogP contribution in [0.4, 0.5) is 0 Å². The van der Waals surface area contributed by atoms with Crippen molar-refractivity contribution in [2.24, 2.45) is 0 Å². The van der Waals surface area contributed by atoms with Crippen LogP contribution in [0, 0.1) is 0 Å². The van der Waals surface area contributed by atoms with Crippen LogP contribution in [0.1, 0.15) is 22.3 Å². The Balaban J connectivity index is 1.27. The largest absolute Gasteiger partial charge is 0.457 e. The SMILES string of the molecule is c1ccc(-c2nc(-c3ccccc3)nc(-c3cccc4c3-c3cccc(-c5nc6ccccc6s5)c3C43c4ccccc4Oc4ccccc43)n2)cc1. The topological polar surface area (TPSA) is 60.8 Å². The summed E-state index contributed by atoms with van der Waals surface area (Å²) in [6.07, 6.45) is 0. The number of aromatic nitrogens is 4. The highest BCUT2D eigenvalue weighted by Crippen LogP contribution is 2.65. The van der Waals surface area contributed by atoms with Gasteiger partial charge in [0, 0.05) is 33.4 Å². The maximum Gasteiger partial charge on any atom is 0.164 e. The van der Waals surface area contributed by atoms with Crippen LogP contribution in [0.2, 0.25) is 0 Å². The smallest absolute Gasteiger partial charge is 0.164 e. The van der Waals surface area contributed by atoms with Gasteiger partial charge < -0.3 is 4.74 Å². The van der Waals surface area contributed by atoms with E-state index in [1.54, 1.807) is 11.3 Å². The minimum absolute atomic E-state index is 0.622. The molecule has 0 saturated heterocycles. The van der Waals surface area contributed by atoms with E-state index in [4.69, 9.17) is 24.7 Å². The van der Waals surface area contributed by atoms with Crippen molar-refractivity contribution in [1.29, 1.82) is 0 Å². The van der Waals surface area contributed by atoms with Crippen molar-refractivity contribution in [3.63, 3.8) is 0 Å². The first-order valence-corrected chi connectivity index (χ1v) is 18.5. The van der Waals surface area contributed by atoms with E-state index in [0.717, 1.165) is 76.8 Å². The molecule has 6 heteroatoms. The summed E-state index contributed by atoms with van der Waals surface area (Å²) in [5.41, 5.74) is 10.9. The van der Waals surface area contributed by atoms with E-state index in [-0.39, 0.29) is 0 Å². The molecule has 0 fully saturated rings. The molecule has 53 heavy (non-hydrogen) atoms. The molecule has 2 aliphatic rings. The van der Waals surface area contributed by atoms with Crippen molar-refractivity contribution in [3.05, 3.63) is 192 Å². The maximum absolute atomic E-state index is 6.69. The monoisotopic (exact) mass is 696 g/mol. The van der Waals surface area contributed by atoms with Gasteiger partial charge >= 0.3 is 0 Å². The highest BCUT2D eigenvalue weighted by atomic mass is 32.1. The number of thiazole rings is 1. The summed E-state index contributed by atoms with van der Waals surface area (Å²) in [5, 5.41) is 0.983. The van der Waals surface area contributed by atoms with Gasteiger partial charge in [-0.15, -0.1) is 11.3 Å². The van der Waals surface area contributed by atoms with Gasteiger partial charge in [0.2, 0.25) is 0 Å². The molecule has 0 unspecified atom stereocenters. The lowest BCUT2D eigenvalue weighted by Gasteiger charge is -2.40. The first-order chi connectivity index (χ1) is 26.3. The zero-order valence-electron chi connectivity index (χ0n) is 28.3. The van der Waals surface area contributed by atoms with E-state index in [0.29, 0.717) is 17.5 Å². The Morgan fingerprint density at radius 3 is 1.62 bits per heavy atom. The van der Waals surface area contributed by atoms with Gasteiger partial charge in [-0.1, -0.05) is 146 Å². The highest BCUT2D eigenvalue weighted by molar-refractivity contribution is 7.21. The van der Waals surface area contributed by atoms with Gasteiger partial charge in [-0.25, -0.2) is 19.9 Å². The second-order valence-corrected chi connectivity index (χ2v) is 14.4. The Kier molecular flexibility index (Phi) is 6.57. The summed E-state index contributed by atoms with van der Waals surface area (Å²) in [5.74, 6) is 3.56. The van der Waals surface area contributed by atoms with Crippen molar-refractivity contribution in [1.82, 2.24) is 19.9 Å². The Hall–Kier alpha value is -6.76. The molecular formula is C47H28N4OS. The second kappa shape index (κ2) is 11.6. The molecule has 248 valence electrons. The zero-order chi connectivity index (χ0) is 34.9. The number of fused-ring (bicyclic) bond motifs is 10. The molecule has 0 N–H and O–H groups in total. The molecule has 1 aliphatic carbocycles. The zero-order valence-corrected chi connectivity index (χ0v) is 29.1. The van der Waals surface area contributed by atoms with E-state index in [1.165, 1.54) is 5.56 Å². The number of nitrogens with zero attached hydrogens (tertiary/aromatic N) is 4. The molecule has 3 heterocycles. The summed E-state index contributed by atoms with van der Waals surface area (Å²) in [4.78, 5) is 20.7. The van der Waals surface area contributed by atoms with E-state index in [1.807, 2.05) is 72.8 Å². The molecule has 2 aromatic heterocycles. The Labute approximate surface area is 309 Å². The van der Waals surface area contributed by atoms with Gasteiger partial charge in [-0.3, -0.25) is 0 Å². The van der Waals surface area contributed by atoms with Crippen molar-refractivity contribution in [2.75, 3.05) is 0 Å². The first kappa shape index (κ1) is 29.9. The van der Waals surface area contributed by atoms with Crippen molar-refractivity contribution in [2.45, 2.75) is 5.41 Å². The summed E-state index contributed by atoms with van der Waals surface area (Å²) in [6.45, 7) is 0. The van der Waals surface area contributed by atoms with Gasteiger partial charge in [-0.2, -0.15) is 0 Å². The van der Waals surface area contributed by atoms with Gasteiger partial charge in [-0.05, 0) is 46.5 Å². The fraction of sp³-hybridized carbons (Fsp3) is 0.0213. The molecular weight excluding hydrogens is 669 g/mol. The summed E-state index contributed by atoms with van der Waals surface area (Å²) >= 11 is 1.73. The number of para-hydroxylation sites is 3. The van der Waals surface area contributed by atoms with Crippen LogP contribution >= 0.6 is 11.3 Å². The van der Waals surface area contributed by atoms with E-state index >= 15 is 0 Å². The third-order valence-corrected chi connectivity index (χ3v) is 11.5. The molecule has 0 amide bonds. The molecule has 0 saturated carbocycles. The highest BCUT2D eigenvalue weighted by Gasteiger charge is 2.53. The fourth-order valence-electron chi connectivity index (χ4n) is 8.29. The molecule has 7 aromatic carbocycles. The Bertz CT molecular complexity index is 2750. The quantitative estimate of drug-likeness (QED) is 0.183. The number of rotatable bonds is 4. The van der Waals surface area contributed by atoms with Crippen LogP contribution < -0.4 is 4.74 Å². The van der Waals surface area contributed by atoms with Crippen LogP contribution in [0.5, 0.6) is 11.5 Å². The Morgan fingerprint density at radius 2 is 0.943 bits per heavy atom. The Morgan fingerprint density at radius 1 is 0.415 bits per heavy atom. The number of ether oxygens (including phenoxy) is 1. The lowest BCUT2D eigenvalue weighted by Crippen LogP contribution is -2.32. The maximum atomic E-state index is 6.69. The number of hydrogen-bond donors (Lipinski definition) is 0. The van der Waals surface area contributed by atoms with Gasteiger partial charge in [0.05, 0.1) is 15.6 Å².